The van der Waals surface area contributed by atoms with Crippen LogP contribution >= 0.6 is 0 Å². The van der Waals surface area contributed by atoms with Crippen molar-refractivity contribution in [3.05, 3.63) is 0 Å². The number of carbonyl (C=O) groups is 3. The molecule has 1 rings (SSSR count). The van der Waals surface area contributed by atoms with Gasteiger partial charge in [-0.15, -0.1) is 5.06 Å². The Morgan fingerprint density at radius 1 is 0.714 bits per heavy atom. The van der Waals surface area contributed by atoms with Gasteiger partial charge in [-0.25, -0.2) is 4.79 Å². The molecule has 0 bridgehead atoms. The number of rotatable bonds is 18. The number of hydrogen-bond acceptors (Lipinski definition) is 9. The number of hydroxylamine groups is 2. The first-order chi connectivity index (χ1) is 13.6. The molecule has 28 heavy (non-hydrogen) atoms. The van der Waals surface area contributed by atoms with Crippen LogP contribution in [0.4, 0.5) is 0 Å². The van der Waals surface area contributed by atoms with Crippen molar-refractivity contribution in [2.24, 2.45) is 0 Å². The van der Waals surface area contributed by atoms with Gasteiger partial charge in [-0.05, 0) is 6.42 Å². The summed E-state index contributed by atoms with van der Waals surface area (Å²) in [5.74, 6) is -1.68. The average Bonchev–Trinajstić information content (AvgIpc) is 2.99. The van der Waals surface area contributed by atoms with E-state index in [1.165, 1.54) is 0 Å². The molecule has 1 aliphatic rings. The van der Waals surface area contributed by atoms with Gasteiger partial charge in [0.2, 0.25) is 0 Å². The lowest BCUT2D eigenvalue weighted by Gasteiger charge is -2.12. The lowest BCUT2D eigenvalue weighted by molar-refractivity contribution is -0.198. The Morgan fingerprint density at radius 2 is 1.11 bits per heavy atom. The first-order valence-electron chi connectivity index (χ1n) is 9.60. The predicted molar refractivity (Wildman–Crippen MR) is 96.2 cm³/mol. The van der Waals surface area contributed by atoms with Crippen molar-refractivity contribution in [2.45, 2.75) is 32.6 Å². The molecule has 0 aromatic rings. The fraction of sp³-hybridized carbons (Fsp3) is 0.833. The summed E-state index contributed by atoms with van der Waals surface area (Å²) in [6.07, 6.45) is 1.10. The van der Waals surface area contributed by atoms with Gasteiger partial charge in [-0.3, -0.25) is 9.59 Å². The first-order valence-corrected chi connectivity index (χ1v) is 9.60. The summed E-state index contributed by atoms with van der Waals surface area (Å²) in [7, 11) is 0. The van der Waals surface area contributed by atoms with E-state index in [0.717, 1.165) is 13.0 Å². The van der Waals surface area contributed by atoms with E-state index < -0.39 is 17.8 Å². The van der Waals surface area contributed by atoms with Crippen molar-refractivity contribution in [2.75, 3.05) is 66.1 Å². The molecule has 1 saturated heterocycles. The molecule has 0 radical (unpaired) electrons. The van der Waals surface area contributed by atoms with Crippen LogP contribution in [-0.4, -0.2) is 88.9 Å². The van der Waals surface area contributed by atoms with Gasteiger partial charge < -0.3 is 28.5 Å². The number of ether oxygens (including phenoxy) is 5. The molecule has 0 N–H and O–H groups in total. The first kappa shape index (κ1) is 24.4. The fourth-order valence-corrected chi connectivity index (χ4v) is 2.09. The van der Waals surface area contributed by atoms with Crippen LogP contribution in [0.15, 0.2) is 0 Å². The summed E-state index contributed by atoms with van der Waals surface area (Å²) in [6, 6.07) is 0. The van der Waals surface area contributed by atoms with Crippen LogP contribution in [0.2, 0.25) is 0 Å². The molecule has 1 heterocycles. The van der Waals surface area contributed by atoms with Crippen molar-refractivity contribution >= 4 is 17.8 Å². The van der Waals surface area contributed by atoms with Crippen LogP contribution in [0.1, 0.15) is 32.6 Å². The molecule has 0 atom stereocenters. The molecule has 10 nitrogen and oxygen atoms in total. The van der Waals surface area contributed by atoms with Crippen LogP contribution in [0.25, 0.3) is 0 Å². The molecule has 0 aliphatic carbocycles. The third-order valence-corrected chi connectivity index (χ3v) is 3.49. The maximum absolute atomic E-state index is 11.5. The fourth-order valence-electron chi connectivity index (χ4n) is 2.09. The standard InChI is InChI=1S/C18H31NO9/c1-2-6-23-8-10-25-12-14-27-15-13-26-11-9-24-7-5-18(22)28-19-16(20)3-4-17(19)21/h2-15H2,1H3. The normalized spacial score (nSPS) is 14.1. The van der Waals surface area contributed by atoms with E-state index in [1.807, 2.05) is 0 Å². The Bertz CT molecular complexity index is 442. The van der Waals surface area contributed by atoms with E-state index >= 15 is 0 Å². The Hall–Kier alpha value is -1.59. The molecule has 0 aromatic carbocycles. The average molecular weight is 405 g/mol. The van der Waals surface area contributed by atoms with Crippen molar-refractivity contribution in [3.63, 3.8) is 0 Å². The second-order valence-electron chi connectivity index (χ2n) is 5.86. The van der Waals surface area contributed by atoms with Crippen molar-refractivity contribution in [3.8, 4) is 0 Å². The lowest BCUT2D eigenvalue weighted by Crippen LogP contribution is -2.32. The second kappa shape index (κ2) is 16.4. The molecular formula is C18H31NO9. The summed E-state index contributed by atoms with van der Waals surface area (Å²) in [5.41, 5.74) is 0. The molecule has 1 aliphatic heterocycles. The van der Waals surface area contributed by atoms with Gasteiger partial charge in [-0.2, -0.15) is 0 Å². The third kappa shape index (κ3) is 12.0. The van der Waals surface area contributed by atoms with Gasteiger partial charge in [0.1, 0.15) is 0 Å². The molecular weight excluding hydrogens is 374 g/mol. The van der Waals surface area contributed by atoms with Crippen LogP contribution < -0.4 is 0 Å². The van der Waals surface area contributed by atoms with E-state index in [1.54, 1.807) is 0 Å². The van der Waals surface area contributed by atoms with Gasteiger partial charge in [0.25, 0.3) is 11.8 Å². The molecule has 10 heteroatoms. The summed E-state index contributed by atoms with van der Waals surface area (Å²) in [4.78, 5) is 38.8. The van der Waals surface area contributed by atoms with Gasteiger partial charge >= 0.3 is 5.97 Å². The van der Waals surface area contributed by atoms with Gasteiger partial charge in [0, 0.05) is 19.4 Å². The SMILES string of the molecule is CCCOCCOCCOCCOCCOCCC(=O)ON1C(=O)CCC1=O. The number of amides is 2. The molecule has 1 fully saturated rings. The molecule has 0 spiro atoms. The minimum absolute atomic E-state index is 0.0519. The number of hydrogen-bond donors (Lipinski definition) is 0. The Balaban J connectivity index is 1.79. The molecule has 0 unspecified atom stereocenters. The van der Waals surface area contributed by atoms with Crippen molar-refractivity contribution in [1.29, 1.82) is 0 Å². The summed E-state index contributed by atoms with van der Waals surface area (Å²) < 4.78 is 26.5. The minimum Gasteiger partial charge on any atom is -0.379 e. The highest BCUT2D eigenvalue weighted by Gasteiger charge is 2.32. The topological polar surface area (TPSA) is 110 Å². The third-order valence-electron chi connectivity index (χ3n) is 3.49. The number of carbonyl (C=O) groups excluding carboxylic acids is 3. The van der Waals surface area contributed by atoms with E-state index in [2.05, 4.69) is 6.92 Å². The Morgan fingerprint density at radius 3 is 1.54 bits per heavy atom. The highest BCUT2D eigenvalue weighted by molar-refractivity contribution is 6.01. The quantitative estimate of drug-likeness (QED) is 0.237. The largest absolute Gasteiger partial charge is 0.379 e. The second-order valence-corrected chi connectivity index (χ2v) is 5.86. The van der Waals surface area contributed by atoms with Crippen LogP contribution in [0.3, 0.4) is 0 Å². The van der Waals surface area contributed by atoms with Crippen molar-refractivity contribution in [1.82, 2.24) is 5.06 Å². The molecule has 0 saturated carbocycles. The predicted octanol–water partition coefficient (Wildman–Crippen LogP) is 0.477. The van der Waals surface area contributed by atoms with Gasteiger partial charge in [0.15, 0.2) is 0 Å². The zero-order chi connectivity index (χ0) is 20.5. The monoisotopic (exact) mass is 405 g/mol. The number of nitrogens with zero attached hydrogens (tertiary/aromatic N) is 1. The van der Waals surface area contributed by atoms with Crippen LogP contribution in [-0.2, 0) is 42.9 Å². The maximum Gasteiger partial charge on any atom is 0.335 e. The molecule has 0 aromatic heterocycles. The molecule has 2 amide bonds. The Kier molecular flexibility index (Phi) is 14.3. The summed E-state index contributed by atoms with van der Waals surface area (Å²) in [5, 5.41) is 0.525. The number of imide groups is 1. The van der Waals surface area contributed by atoms with Gasteiger partial charge in [-0.1, -0.05) is 6.92 Å². The van der Waals surface area contributed by atoms with Crippen LogP contribution in [0.5, 0.6) is 0 Å². The van der Waals surface area contributed by atoms with Crippen LogP contribution in [0, 0.1) is 0 Å². The van der Waals surface area contributed by atoms with E-state index in [9.17, 15) is 14.4 Å². The molecule has 162 valence electrons. The highest BCUT2D eigenvalue weighted by atomic mass is 16.7. The van der Waals surface area contributed by atoms with E-state index in [0.29, 0.717) is 57.9 Å². The summed E-state index contributed by atoms with van der Waals surface area (Å²) >= 11 is 0. The minimum atomic E-state index is -0.683. The summed E-state index contributed by atoms with van der Waals surface area (Å²) in [6.45, 7) is 6.69. The lowest BCUT2D eigenvalue weighted by atomic mass is 10.4. The zero-order valence-corrected chi connectivity index (χ0v) is 16.5. The smallest absolute Gasteiger partial charge is 0.335 e. The van der Waals surface area contributed by atoms with E-state index in [-0.39, 0.29) is 25.9 Å². The highest BCUT2D eigenvalue weighted by Crippen LogP contribution is 2.12. The van der Waals surface area contributed by atoms with Gasteiger partial charge in [0.05, 0.1) is 65.9 Å². The maximum atomic E-state index is 11.5. The Labute approximate surface area is 165 Å². The van der Waals surface area contributed by atoms with Crippen molar-refractivity contribution < 1.29 is 42.9 Å². The van der Waals surface area contributed by atoms with E-state index in [4.69, 9.17) is 28.5 Å². The zero-order valence-electron chi connectivity index (χ0n) is 16.5.